The number of halogens is 2. The summed E-state index contributed by atoms with van der Waals surface area (Å²) in [6.45, 7) is 0.288. The molecule has 0 saturated carbocycles. The average Bonchev–Trinajstić information content (AvgIpc) is 3.62. The lowest BCUT2D eigenvalue weighted by atomic mass is 10.2. The van der Waals surface area contributed by atoms with Crippen molar-refractivity contribution in [3.05, 3.63) is 75.8 Å². The molecule has 0 unspecified atom stereocenters. The summed E-state index contributed by atoms with van der Waals surface area (Å²) in [5.41, 5.74) is 7.69. The molecular formula is C27H21Cl2N7O5. The predicted molar refractivity (Wildman–Crippen MR) is 156 cm³/mol. The van der Waals surface area contributed by atoms with Crippen molar-refractivity contribution in [1.82, 2.24) is 9.97 Å². The number of nitrogens with one attached hydrogen (secondary N) is 3. The highest BCUT2D eigenvalue weighted by atomic mass is 35.5. The van der Waals surface area contributed by atoms with Gasteiger partial charge in [-0.15, -0.1) is 0 Å². The van der Waals surface area contributed by atoms with Gasteiger partial charge >= 0.3 is 0 Å². The molecule has 4 aromatic rings. The fourth-order valence-corrected chi connectivity index (χ4v) is 4.30. The third kappa shape index (κ3) is 5.98. The molecule has 0 bridgehead atoms. The molecule has 0 spiro atoms. The molecule has 2 aliphatic rings. The summed E-state index contributed by atoms with van der Waals surface area (Å²) in [4.78, 5) is 8.96. The van der Waals surface area contributed by atoms with E-state index >= 15 is 0 Å². The molecule has 3 aromatic carbocycles. The van der Waals surface area contributed by atoms with Crippen molar-refractivity contribution in [1.29, 1.82) is 0 Å². The highest BCUT2D eigenvalue weighted by Crippen LogP contribution is 2.37. The van der Waals surface area contributed by atoms with Gasteiger partial charge in [0.1, 0.15) is 11.6 Å². The van der Waals surface area contributed by atoms with E-state index in [1.165, 1.54) is 6.21 Å². The van der Waals surface area contributed by atoms with Gasteiger partial charge in [0.25, 0.3) is 0 Å². The van der Waals surface area contributed by atoms with Gasteiger partial charge in [-0.05, 0) is 24.3 Å². The maximum absolute atomic E-state index is 6.36. The van der Waals surface area contributed by atoms with E-state index in [9.17, 15) is 0 Å². The van der Waals surface area contributed by atoms with Crippen LogP contribution < -0.4 is 39.9 Å². The number of nitrogens with zero attached hydrogens (tertiary/aromatic N) is 4. The molecule has 3 heterocycles. The normalized spacial score (nSPS) is 13.1. The molecule has 1 aromatic heterocycles. The molecule has 14 heteroatoms. The average molecular weight is 594 g/mol. The van der Waals surface area contributed by atoms with Gasteiger partial charge in [-0.25, -0.2) is 5.43 Å². The Labute approximate surface area is 243 Å². The van der Waals surface area contributed by atoms with E-state index in [2.05, 4.69) is 36.3 Å². The Bertz CT molecular complexity index is 1570. The molecule has 2 aliphatic heterocycles. The van der Waals surface area contributed by atoms with E-state index in [0.717, 1.165) is 0 Å². The molecule has 0 amide bonds. The Kier molecular flexibility index (Phi) is 7.48. The Morgan fingerprint density at radius 2 is 1.32 bits per heavy atom. The lowest BCUT2D eigenvalue weighted by Gasteiger charge is -2.12. The lowest BCUT2D eigenvalue weighted by molar-refractivity contribution is 0.173. The second kappa shape index (κ2) is 11.7. The molecule has 208 valence electrons. The number of anilines is 4. The van der Waals surface area contributed by atoms with E-state index in [-0.39, 0.29) is 19.5 Å². The quantitative estimate of drug-likeness (QED) is 0.159. The van der Waals surface area contributed by atoms with Gasteiger partial charge < -0.3 is 29.0 Å². The topological polar surface area (TPSA) is 133 Å². The first-order valence-electron chi connectivity index (χ1n) is 12.1. The molecule has 0 saturated heterocycles. The maximum Gasteiger partial charge on any atom is 0.247 e. The van der Waals surface area contributed by atoms with Crippen molar-refractivity contribution in [3.8, 4) is 28.7 Å². The minimum atomic E-state index is 0.142. The summed E-state index contributed by atoms with van der Waals surface area (Å²) in [7, 11) is 1.59. The summed E-state index contributed by atoms with van der Waals surface area (Å²) in [6, 6.07) is 15.9. The molecule has 41 heavy (non-hydrogen) atoms. The highest BCUT2D eigenvalue weighted by Gasteiger charge is 2.17. The number of aromatic nitrogens is 2. The molecule has 0 atom stereocenters. The zero-order valence-electron chi connectivity index (χ0n) is 21.4. The lowest BCUT2D eigenvalue weighted by Crippen LogP contribution is -2.04. The van der Waals surface area contributed by atoms with Crippen LogP contribution in [0.2, 0.25) is 10.0 Å². The van der Waals surface area contributed by atoms with Crippen LogP contribution in [0.5, 0.6) is 28.7 Å². The van der Waals surface area contributed by atoms with Gasteiger partial charge in [-0.3, -0.25) is 5.43 Å². The summed E-state index contributed by atoms with van der Waals surface area (Å²) in [5, 5.41) is 12.7. The van der Waals surface area contributed by atoms with E-state index in [0.29, 0.717) is 67.2 Å². The molecule has 12 nitrogen and oxygen atoms in total. The summed E-state index contributed by atoms with van der Waals surface area (Å²) < 4.78 is 27.0. The van der Waals surface area contributed by atoms with Crippen molar-refractivity contribution >= 4 is 58.9 Å². The van der Waals surface area contributed by atoms with Gasteiger partial charge in [0.05, 0.1) is 35.3 Å². The van der Waals surface area contributed by atoms with Crippen LogP contribution in [0, 0.1) is 0 Å². The molecule has 0 aliphatic carbocycles. The summed E-state index contributed by atoms with van der Waals surface area (Å²) in [6.07, 6.45) is 3.08. The fraction of sp³-hybridized carbons (Fsp3) is 0.111. The number of rotatable bonds is 9. The minimum Gasteiger partial charge on any atom is -0.495 e. The van der Waals surface area contributed by atoms with Crippen LogP contribution >= 0.6 is 23.2 Å². The zero-order chi connectivity index (χ0) is 28.2. The monoisotopic (exact) mass is 593 g/mol. The molecule has 0 radical (unpaired) electrons. The number of benzene rings is 3. The maximum atomic E-state index is 6.36. The number of hydrazone groups is 2. The Balaban J connectivity index is 1.24. The summed E-state index contributed by atoms with van der Waals surface area (Å²) >= 11 is 12.7. The fourth-order valence-electron chi connectivity index (χ4n) is 3.90. The van der Waals surface area contributed by atoms with Crippen LogP contribution in [0.25, 0.3) is 0 Å². The van der Waals surface area contributed by atoms with Crippen molar-refractivity contribution in [3.63, 3.8) is 0 Å². The van der Waals surface area contributed by atoms with Crippen LogP contribution in [0.4, 0.5) is 23.3 Å². The first-order valence-corrected chi connectivity index (χ1v) is 12.9. The molecule has 3 N–H and O–H groups in total. The van der Waals surface area contributed by atoms with Crippen molar-refractivity contribution in [2.75, 3.05) is 36.9 Å². The number of para-hydroxylation sites is 2. The van der Waals surface area contributed by atoms with Crippen molar-refractivity contribution in [2.45, 2.75) is 0 Å². The smallest absolute Gasteiger partial charge is 0.247 e. The van der Waals surface area contributed by atoms with E-state index in [1.54, 1.807) is 43.7 Å². The van der Waals surface area contributed by atoms with Crippen LogP contribution in [-0.4, -0.2) is 43.1 Å². The Morgan fingerprint density at radius 1 is 0.756 bits per heavy atom. The highest BCUT2D eigenvalue weighted by molar-refractivity contribution is 6.33. The van der Waals surface area contributed by atoms with Gasteiger partial charge in [0, 0.05) is 29.3 Å². The SMILES string of the molecule is COc1ccccc1Nc1cc(NN=Cc2cc3c(cc2Cl)OCO3)nc(NN=Cc2cc3c(cc2Cl)OCO3)n1. The van der Waals surface area contributed by atoms with E-state index in [4.69, 9.17) is 46.9 Å². The number of ether oxygens (including phenoxy) is 5. The van der Waals surface area contributed by atoms with Crippen LogP contribution in [-0.2, 0) is 0 Å². The first kappa shape index (κ1) is 26.3. The van der Waals surface area contributed by atoms with E-state index < -0.39 is 0 Å². The second-order valence-corrected chi connectivity index (χ2v) is 9.30. The molecular weight excluding hydrogens is 573 g/mol. The van der Waals surface area contributed by atoms with Crippen molar-refractivity contribution < 1.29 is 23.7 Å². The zero-order valence-corrected chi connectivity index (χ0v) is 22.9. The van der Waals surface area contributed by atoms with Crippen LogP contribution in [0.15, 0.2) is 64.8 Å². The van der Waals surface area contributed by atoms with Crippen LogP contribution in [0.3, 0.4) is 0 Å². The van der Waals surface area contributed by atoms with Gasteiger partial charge in [0.2, 0.25) is 19.5 Å². The number of hydrogen-bond acceptors (Lipinski definition) is 12. The standard InChI is InChI=1S/C27H21Cl2N7O5/c1-37-20-5-3-2-4-19(20)32-25-10-26(35-30-11-15-6-21-23(8-17(15)28)40-13-38-21)34-27(33-25)36-31-12-16-7-22-24(9-18(16)29)41-14-39-22/h2-12H,13-14H2,1H3,(H3,32,33,34,35,36). The largest absolute Gasteiger partial charge is 0.495 e. The molecule has 6 rings (SSSR count). The number of methoxy groups -OCH3 is 1. The predicted octanol–water partition coefficient (Wildman–Crippen LogP) is 5.89. The molecule has 0 fully saturated rings. The van der Waals surface area contributed by atoms with Gasteiger partial charge in [-0.1, -0.05) is 35.3 Å². The van der Waals surface area contributed by atoms with Gasteiger partial charge in [-0.2, -0.15) is 20.2 Å². The second-order valence-electron chi connectivity index (χ2n) is 8.48. The van der Waals surface area contributed by atoms with E-state index in [1.807, 2.05) is 24.3 Å². The third-order valence-electron chi connectivity index (χ3n) is 5.83. The third-order valence-corrected chi connectivity index (χ3v) is 6.49. The van der Waals surface area contributed by atoms with Crippen molar-refractivity contribution in [2.24, 2.45) is 10.2 Å². The minimum absolute atomic E-state index is 0.142. The van der Waals surface area contributed by atoms with Crippen LogP contribution in [0.1, 0.15) is 11.1 Å². The first-order chi connectivity index (χ1) is 20.1. The Morgan fingerprint density at radius 3 is 1.95 bits per heavy atom. The number of hydrogen-bond donors (Lipinski definition) is 3. The number of fused-ring (bicyclic) bond motifs is 2. The Hall–Kier alpha value is -4.94. The summed E-state index contributed by atoms with van der Waals surface area (Å²) in [5.74, 6) is 3.97. The van der Waals surface area contributed by atoms with Gasteiger partial charge in [0.15, 0.2) is 28.8 Å².